The number of hydrogen-bond donors (Lipinski definition) is 2. The van der Waals surface area contributed by atoms with Gasteiger partial charge in [0.05, 0.1) is 6.54 Å². The van der Waals surface area contributed by atoms with Crippen LogP contribution in [0.15, 0.2) is 18.5 Å². The third kappa shape index (κ3) is 2.32. The summed E-state index contributed by atoms with van der Waals surface area (Å²) in [6.07, 6.45) is 0.221. The lowest BCUT2D eigenvalue weighted by Gasteiger charge is -1.99. The SMILES string of the molecule is OB(O)c1ccn(CC(F)F)c1. The van der Waals surface area contributed by atoms with Gasteiger partial charge in [-0.15, -0.1) is 0 Å². The molecule has 3 nitrogen and oxygen atoms in total. The Morgan fingerprint density at radius 3 is 2.58 bits per heavy atom. The van der Waals surface area contributed by atoms with Crippen LogP contribution < -0.4 is 5.46 Å². The maximum absolute atomic E-state index is 11.8. The molecule has 1 heterocycles. The van der Waals surface area contributed by atoms with Crippen LogP contribution in [0.2, 0.25) is 0 Å². The molecule has 12 heavy (non-hydrogen) atoms. The van der Waals surface area contributed by atoms with Gasteiger partial charge in [0.15, 0.2) is 0 Å². The third-order valence-corrected chi connectivity index (χ3v) is 1.42. The van der Waals surface area contributed by atoms with E-state index in [-0.39, 0.29) is 5.46 Å². The summed E-state index contributed by atoms with van der Waals surface area (Å²) in [4.78, 5) is 0. The van der Waals surface area contributed by atoms with E-state index >= 15 is 0 Å². The molecule has 1 rings (SSSR count). The number of halogens is 2. The van der Waals surface area contributed by atoms with Crippen molar-refractivity contribution >= 4 is 12.6 Å². The van der Waals surface area contributed by atoms with Gasteiger partial charge in [-0.3, -0.25) is 0 Å². The number of alkyl halides is 2. The Labute approximate surface area is 68.4 Å². The normalized spacial score (nSPS) is 10.8. The van der Waals surface area contributed by atoms with Crippen LogP contribution in [-0.4, -0.2) is 28.2 Å². The molecule has 1 aromatic rings. The number of hydrogen-bond acceptors (Lipinski definition) is 2. The maximum atomic E-state index is 11.8. The average Bonchev–Trinajstić information content (AvgIpc) is 2.34. The quantitative estimate of drug-likeness (QED) is 0.604. The molecule has 0 radical (unpaired) electrons. The predicted molar refractivity (Wildman–Crippen MR) is 40.3 cm³/mol. The van der Waals surface area contributed by atoms with E-state index in [0.29, 0.717) is 0 Å². The summed E-state index contributed by atoms with van der Waals surface area (Å²) in [7, 11) is -1.59. The zero-order valence-electron chi connectivity index (χ0n) is 6.19. The highest BCUT2D eigenvalue weighted by molar-refractivity contribution is 6.58. The molecule has 0 amide bonds. The largest absolute Gasteiger partial charge is 0.489 e. The van der Waals surface area contributed by atoms with Crippen molar-refractivity contribution in [3.8, 4) is 0 Å². The molecule has 0 saturated heterocycles. The molecule has 0 aliphatic carbocycles. The molecule has 0 aliphatic rings. The zero-order chi connectivity index (χ0) is 9.14. The van der Waals surface area contributed by atoms with Crippen LogP contribution in [0, 0.1) is 0 Å². The number of rotatable bonds is 3. The summed E-state index contributed by atoms with van der Waals surface area (Å²) in [5, 5.41) is 17.3. The van der Waals surface area contributed by atoms with Crippen molar-refractivity contribution in [3.63, 3.8) is 0 Å². The molecule has 0 unspecified atom stereocenters. The van der Waals surface area contributed by atoms with E-state index in [1.807, 2.05) is 0 Å². The van der Waals surface area contributed by atoms with E-state index in [1.54, 1.807) is 0 Å². The smallest absolute Gasteiger partial charge is 0.423 e. The molecule has 1 aromatic heterocycles. The van der Waals surface area contributed by atoms with Crippen LogP contribution in [0.5, 0.6) is 0 Å². The Kier molecular flexibility index (Phi) is 2.83. The van der Waals surface area contributed by atoms with E-state index in [0.717, 1.165) is 0 Å². The molecule has 0 atom stereocenters. The highest BCUT2D eigenvalue weighted by atomic mass is 19.3. The predicted octanol–water partition coefficient (Wildman–Crippen LogP) is -0.567. The monoisotopic (exact) mass is 175 g/mol. The number of nitrogens with zero attached hydrogens (tertiary/aromatic N) is 1. The first-order chi connectivity index (χ1) is 5.59. The third-order valence-electron chi connectivity index (χ3n) is 1.42. The molecule has 0 spiro atoms. The van der Waals surface area contributed by atoms with Gasteiger partial charge in [0.2, 0.25) is 0 Å². The minimum atomic E-state index is -2.43. The molecule has 0 fully saturated rings. The van der Waals surface area contributed by atoms with Crippen molar-refractivity contribution in [3.05, 3.63) is 18.5 Å². The summed E-state index contributed by atoms with van der Waals surface area (Å²) in [5.41, 5.74) is 0.218. The standard InChI is InChI=1S/C6H8BF2NO2/c8-6(9)4-10-2-1-5(3-10)7(11)12/h1-3,6,11-12H,4H2. The van der Waals surface area contributed by atoms with Crippen LogP contribution in [0.1, 0.15) is 0 Å². The van der Waals surface area contributed by atoms with Crippen LogP contribution in [-0.2, 0) is 6.54 Å². The second-order valence-corrected chi connectivity index (χ2v) is 2.41. The van der Waals surface area contributed by atoms with Crippen LogP contribution >= 0.6 is 0 Å². The van der Waals surface area contributed by atoms with Crippen LogP contribution in [0.4, 0.5) is 8.78 Å². The van der Waals surface area contributed by atoms with E-state index in [9.17, 15) is 8.78 Å². The minimum Gasteiger partial charge on any atom is -0.423 e. The van der Waals surface area contributed by atoms with Gasteiger partial charge in [-0.25, -0.2) is 8.78 Å². The molecule has 2 N–H and O–H groups in total. The average molecular weight is 175 g/mol. The van der Waals surface area contributed by atoms with Gasteiger partial charge in [-0.2, -0.15) is 0 Å². The van der Waals surface area contributed by atoms with Gasteiger partial charge in [-0.1, -0.05) is 0 Å². The topological polar surface area (TPSA) is 45.4 Å². The lowest BCUT2D eigenvalue weighted by molar-refractivity contribution is 0.127. The highest BCUT2D eigenvalue weighted by Gasteiger charge is 2.12. The fourth-order valence-electron chi connectivity index (χ4n) is 0.885. The summed E-state index contributed by atoms with van der Waals surface area (Å²) in [6, 6.07) is 1.38. The summed E-state index contributed by atoms with van der Waals surface area (Å²) < 4.78 is 24.8. The molecular formula is C6H8BF2NO2. The first-order valence-corrected chi connectivity index (χ1v) is 3.39. The number of aromatic nitrogens is 1. The lowest BCUT2D eigenvalue weighted by atomic mass is 9.83. The first kappa shape index (κ1) is 9.21. The van der Waals surface area contributed by atoms with Crippen molar-refractivity contribution in [1.82, 2.24) is 4.57 Å². The Balaban J connectivity index is 2.64. The van der Waals surface area contributed by atoms with Gasteiger partial charge in [0.25, 0.3) is 6.43 Å². The van der Waals surface area contributed by atoms with Crippen molar-refractivity contribution in [2.45, 2.75) is 13.0 Å². The molecule has 6 heteroatoms. The Hall–Kier alpha value is -0.875. The van der Waals surface area contributed by atoms with Crippen LogP contribution in [0.3, 0.4) is 0 Å². The van der Waals surface area contributed by atoms with E-state index in [1.165, 1.54) is 23.0 Å². The first-order valence-electron chi connectivity index (χ1n) is 3.39. The molecule has 0 bridgehead atoms. The van der Waals surface area contributed by atoms with Gasteiger partial charge in [-0.05, 0) is 11.5 Å². The molecule has 66 valence electrons. The lowest BCUT2D eigenvalue weighted by Crippen LogP contribution is -2.28. The van der Waals surface area contributed by atoms with Gasteiger partial charge < -0.3 is 14.6 Å². The van der Waals surface area contributed by atoms with Crippen molar-refractivity contribution in [2.75, 3.05) is 0 Å². The maximum Gasteiger partial charge on any atom is 0.489 e. The minimum absolute atomic E-state index is 0.218. The second-order valence-electron chi connectivity index (χ2n) is 2.41. The second kappa shape index (κ2) is 3.69. The molecule has 0 saturated carbocycles. The fourth-order valence-corrected chi connectivity index (χ4v) is 0.885. The summed E-state index contributed by atoms with van der Waals surface area (Å²) in [6.45, 7) is -0.424. The van der Waals surface area contributed by atoms with E-state index in [2.05, 4.69) is 0 Å². The Bertz CT molecular complexity index is 251. The van der Waals surface area contributed by atoms with Gasteiger partial charge in [0, 0.05) is 12.4 Å². The summed E-state index contributed by atoms with van der Waals surface area (Å²) >= 11 is 0. The zero-order valence-corrected chi connectivity index (χ0v) is 6.19. The summed E-state index contributed by atoms with van der Waals surface area (Å²) in [5.74, 6) is 0. The van der Waals surface area contributed by atoms with Gasteiger partial charge in [0.1, 0.15) is 0 Å². The fraction of sp³-hybridized carbons (Fsp3) is 0.333. The van der Waals surface area contributed by atoms with Gasteiger partial charge >= 0.3 is 7.12 Å². The molecule has 0 aromatic carbocycles. The Morgan fingerprint density at radius 2 is 2.17 bits per heavy atom. The van der Waals surface area contributed by atoms with E-state index in [4.69, 9.17) is 10.0 Å². The van der Waals surface area contributed by atoms with Crippen molar-refractivity contribution in [1.29, 1.82) is 0 Å². The van der Waals surface area contributed by atoms with Crippen molar-refractivity contribution in [2.24, 2.45) is 0 Å². The van der Waals surface area contributed by atoms with Crippen molar-refractivity contribution < 1.29 is 18.8 Å². The van der Waals surface area contributed by atoms with Crippen LogP contribution in [0.25, 0.3) is 0 Å². The molecular weight excluding hydrogens is 167 g/mol. The van der Waals surface area contributed by atoms with E-state index < -0.39 is 20.1 Å². The highest BCUT2D eigenvalue weighted by Crippen LogP contribution is 1.98. The Morgan fingerprint density at radius 1 is 1.50 bits per heavy atom. The molecule has 0 aliphatic heterocycles.